The molecule has 0 aliphatic rings. The van der Waals surface area contributed by atoms with Gasteiger partial charge in [-0.1, -0.05) is 60.7 Å². The minimum absolute atomic E-state index is 0.0455. The number of carbonyl (C=O) groups is 1. The summed E-state index contributed by atoms with van der Waals surface area (Å²) in [5.74, 6) is 0.0455. The monoisotopic (exact) mass is 430 g/mol. The van der Waals surface area contributed by atoms with Gasteiger partial charge < -0.3 is 0 Å². The Labute approximate surface area is 187 Å². The molecule has 2 heterocycles. The quantitative estimate of drug-likeness (QED) is 0.416. The van der Waals surface area contributed by atoms with E-state index in [0.717, 1.165) is 39.8 Å². The zero-order chi connectivity index (χ0) is 21.8. The van der Waals surface area contributed by atoms with Crippen LogP contribution < -0.4 is 4.90 Å². The number of benzene rings is 2. The first-order valence-corrected chi connectivity index (χ1v) is 11.2. The van der Waals surface area contributed by atoms with Crippen molar-refractivity contribution in [2.24, 2.45) is 7.05 Å². The van der Waals surface area contributed by atoms with Crippen LogP contribution in [0.5, 0.6) is 0 Å². The molecule has 0 N–H and O–H groups in total. The predicted molar refractivity (Wildman–Crippen MR) is 126 cm³/mol. The van der Waals surface area contributed by atoms with Crippen molar-refractivity contribution in [3.8, 4) is 11.3 Å². The number of thiazole rings is 1. The van der Waals surface area contributed by atoms with Gasteiger partial charge in [0.15, 0.2) is 5.13 Å². The number of aryl methyl sites for hydroxylation is 2. The number of carbonyl (C=O) groups excluding carboxylic acids is 1. The largest absolute Gasteiger partial charge is 0.287 e. The second kappa shape index (κ2) is 9.27. The zero-order valence-electron chi connectivity index (χ0n) is 18.1. The number of nitrogens with zero attached hydrogens (tertiary/aromatic N) is 4. The van der Waals surface area contributed by atoms with Gasteiger partial charge in [-0.05, 0) is 25.8 Å². The lowest BCUT2D eigenvalue weighted by Gasteiger charge is -2.20. The van der Waals surface area contributed by atoms with Crippen molar-refractivity contribution < 1.29 is 4.79 Å². The third-order valence-electron chi connectivity index (χ3n) is 5.55. The smallest absolute Gasteiger partial charge is 0.233 e. The highest BCUT2D eigenvalue weighted by Crippen LogP contribution is 2.28. The van der Waals surface area contributed by atoms with Gasteiger partial charge in [-0.25, -0.2) is 4.98 Å². The highest BCUT2D eigenvalue weighted by atomic mass is 32.1. The van der Waals surface area contributed by atoms with Crippen LogP contribution in [0.3, 0.4) is 0 Å². The van der Waals surface area contributed by atoms with Crippen molar-refractivity contribution in [3.63, 3.8) is 0 Å². The number of hydrogen-bond acceptors (Lipinski definition) is 4. The Morgan fingerprint density at radius 3 is 2.35 bits per heavy atom. The molecule has 5 nitrogen and oxygen atoms in total. The number of rotatable bonds is 7. The fourth-order valence-electron chi connectivity index (χ4n) is 3.66. The molecule has 158 valence electrons. The summed E-state index contributed by atoms with van der Waals surface area (Å²) >= 11 is 1.51. The second-order valence-electron chi connectivity index (χ2n) is 7.61. The summed E-state index contributed by atoms with van der Waals surface area (Å²) in [6, 6.07) is 20.3. The maximum atomic E-state index is 13.4. The molecule has 31 heavy (non-hydrogen) atoms. The van der Waals surface area contributed by atoms with Crippen LogP contribution >= 0.6 is 11.3 Å². The Kier molecular flexibility index (Phi) is 6.28. The summed E-state index contributed by atoms with van der Waals surface area (Å²) in [5, 5.41) is 7.22. The van der Waals surface area contributed by atoms with Crippen molar-refractivity contribution in [2.45, 2.75) is 26.7 Å². The van der Waals surface area contributed by atoms with E-state index >= 15 is 0 Å². The van der Waals surface area contributed by atoms with Crippen molar-refractivity contribution in [1.29, 1.82) is 0 Å². The Morgan fingerprint density at radius 2 is 1.71 bits per heavy atom. The molecule has 0 spiro atoms. The molecule has 4 rings (SSSR count). The zero-order valence-corrected chi connectivity index (χ0v) is 18.9. The van der Waals surface area contributed by atoms with Gasteiger partial charge in [0.1, 0.15) is 0 Å². The molecule has 0 aliphatic carbocycles. The van der Waals surface area contributed by atoms with E-state index in [1.165, 1.54) is 16.9 Å². The fourth-order valence-corrected chi connectivity index (χ4v) is 4.54. The first-order valence-electron chi connectivity index (χ1n) is 10.4. The van der Waals surface area contributed by atoms with E-state index in [2.05, 4.69) is 17.2 Å². The van der Waals surface area contributed by atoms with Crippen LogP contribution in [0, 0.1) is 13.8 Å². The second-order valence-corrected chi connectivity index (χ2v) is 8.45. The van der Waals surface area contributed by atoms with Crippen LogP contribution in [-0.4, -0.2) is 27.2 Å². The lowest BCUT2D eigenvalue weighted by Crippen LogP contribution is -2.34. The molecule has 0 fully saturated rings. The molecule has 0 saturated heterocycles. The van der Waals surface area contributed by atoms with E-state index < -0.39 is 0 Å². The third-order valence-corrected chi connectivity index (χ3v) is 6.41. The SMILES string of the molecule is Cc1nn(C)c(C)c1CC(=O)N(CCc1ccccc1)c1nc(-c2ccccc2)cs1. The molecule has 0 atom stereocenters. The standard InChI is InChI=1S/C25H26N4OS/c1-18-22(19(2)28(3)27-18)16-24(30)29(15-14-20-10-6-4-7-11-20)25-26-23(17-31-25)21-12-8-5-9-13-21/h4-13,17H,14-16H2,1-3H3. The summed E-state index contributed by atoms with van der Waals surface area (Å²) in [6.45, 7) is 4.55. The molecule has 0 saturated carbocycles. The van der Waals surface area contributed by atoms with Crippen LogP contribution in [0.1, 0.15) is 22.5 Å². The minimum Gasteiger partial charge on any atom is -0.287 e. The van der Waals surface area contributed by atoms with E-state index in [4.69, 9.17) is 4.98 Å². The van der Waals surface area contributed by atoms with Crippen LogP contribution in [0.15, 0.2) is 66.0 Å². The van der Waals surface area contributed by atoms with E-state index in [-0.39, 0.29) is 5.91 Å². The van der Waals surface area contributed by atoms with Crippen LogP contribution in [0.2, 0.25) is 0 Å². The van der Waals surface area contributed by atoms with Gasteiger partial charge >= 0.3 is 0 Å². The summed E-state index contributed by atoms with van der Waals surface area (Å²) in [7, 11) is 1.91. The topological polar surface area (TPSA) is 51.0 Å². The average molecular weight is 431 g/mol. The van der Waals surface area contributed by atoms with Gasteiger partial charge in [0.05, 0.1) is 17.8 Å². The van der Waals surface area contributed by atoms with Gasteiger partial charge in [-0.15, -0.1) is 11.3 Å². The summed E-state index contributed by atoms with van der Waals surface area (Å²) in [4.78, 5) is 20.1. The minimum atomic E-state index is 0.0455. The third kappa shape index (κ3) is 4.75. The van der Waals surface area contributed by atoms with E-state index in [1.807, 2.05) is 84.4 Å². The fraction of sp³-hybridized carbons (Fsp3) is 0.240. The van der Waals surface area contributed by atoms with Crippen LogP contribution in [0.25, 0.3) is 11.3 Å². The van der Waals surface area contributed by atoms with Crippen molar-refractivity contribution in [2.75, 3.05) is 11.4 Å². The van der Waals surface area contributed by atoms with Gasteiger partial charge in [0.25, 0.3) is 0 Å². The van der Waals surface area contributed by atoms with Crippen molar-refractivity contribution in [3.05, 3.63) is 88.6 Å². The molecule has 0 unspecified atom stereocenters. The lowest BCUT2D eigenvalue weighted by atomic mass is 10.1. The van der Waals surface area contributed by atoms with Gasteiger partial charge in [-0.2, -0.15) is 5.10 Å². The maximum Gasteiger partial charge on any atom is 0.233 e. The maximum absolute atomic E-state index is 13.4. The van der Waals surface area contributed by atoms with Gasteiger partial charge in [0.2, 0.25) is 5.91 Å². The molecule has 1 amide bonds. The van der Waals surface area contributed by atoms with Crippen LogP contribution in [-0.2, 0) is 24.7 Å². The van der Waals surface area contributed by atoms with E-state index in [9.17, 15) is 4.79 Å². The molecule has 2 aromatic carbocycles. The highest BCUT2D eigenvalue weighted by Gasteiger charge is 2.22. The molecular weight excluding hydrogens is 404 g/mol. The molecule has 0 radical (unpaired) electrons. The number of aromatic nitrogens is 3. The van der Waals surface area contributed by atoms with Crippen molar-refractivity contribution >= 4 is 22.4 Å². The Morgan fingerprint density at radius 1 is 1.03 bits per heavy atom. The van der Waals surface area contributed by atoms with Crippen LogP contribution in [0.4, 0.5) is 5.13 Å². The Balaban J connectivity index is 1.61. The number of anilines is 1. The van der Waals surface area contributed by atoms with E-state index in [0.29, 0.717) is 13.0 Å². The first-order chi connectivity index (χ1) is 15.0. The summed E-state index contributed by atoms with van der Waals surface area (Å²) in [5.41, 5.74) is 6.08. The average Bonchev–Trinajstić information content (AvgIpc) is 3.36. The van der Waals surface area contributed by atoms with Gasteiger partial charge in [-0.3, -0.25) is 14.4 Å². The van der Waals surface area contributed by atoms with Crippen molar-refractivity contribution in [1.82, 2.24) is 14.8 Å². The first kappa shape index (κ1) is 21.0. The molecule has 6 heteroatoms. The van der Waals surface area contributed by atoms with E-state index in [1.54, 1.807) is 0 Å². The van der Waals surface area contributed by atoms with Gasteiger partial charge in [0, 0.05) is 35.8 Å². The molecular formula is C25H26N4OS. The number of hydrogen-bond donors (Lipinski definition) is 0. The Hall–Kier alpha value is -3.25. The summed E-state index contributed by atoms with van der Waals surface area (Å²) < 4.78 is 1.84. The summed E-state index contributed by atoms with van der Waals surface area (Å²) in [6.07, 6.45) is 1.10. The molecule has 4 aromatic rings. The predicted octanol–water partition coefficient (Wildman–Crippen LogP) is 4.98. The Bertz CT molecular complexity index is 1160. The molecule has 0 bridgehead atoms. The normalized spacial score (nSPS) is 10.9. The molecule has 0 aliphatic heterocycles. The number of amides is 1. The highest BCUT2D eigenvalue weighted by molar-refractivity contribution is 7.14. The molecule has 2 aromatic heterocycles. The lowest BCUT2D eigenvalue weighted by molar-refractivity contribution is -0.118.